The zero-order chi connectivity index (χ0) is 30.1. The molecule has 4 rings (SSSR count). The number of carbonyl (C=O) groups excluding carboxylic acids is 2. The third kappa shape index (κ3) is 7.90. The van der Waals surface area contributed by atoms with Gasteiger partial charge in [0.15, 0.2) is 0 Å². The highest BCUT2D eigenvalue weighted by atomic mass is 32.1. The van der Waals surface area contributed by atoms with Crippen molar-refractivity contribution in [3.05, 3.63) is 87.1 Å². The molecule has 2 aromatic carbocycles. The van der Waals surface area contributed by atoms with Gasteiger partial charge in [0.25, 0.3) is 0 Å². The number of esters is 1. The van der Waals surface area contributed by atoms with Gasteiger partial charge in [-0.2, -0.15) is 0 Å². The number of hydrogen-bond acceptors (Lipinski definition) is 6. The van der Waals surface area contributed by atoms with Gasteiger partial charge in [0, 0.05) is 16.7 Å². The first-order valence-corrected chi connectivity index (χ1v) is 16.2. The number of hydrogen-bond donors (Lipinski definition) is 0. The number of unbranched alkanes of at least 4 members (excludes halogenated alkanes) is 2. The fraction of sp³-hybridized carbons (Fsp3) is 0.500. The molecule has 3 aromatic rings. The zero-order valence-corrected chi connectivity index (χ0v) is 26.6. The fourth-order valence-corrected chi connectivity index (χ4v) is 7.23. The molecule has 0 saturated heterocycles. The van der Waals surface area contributed by atoms with Crippen molar-refractivity contribution in [3.63, 3.8) is 0 Å². The first kappa shape index (κ1) is 32.0. The van der Waals surface area contributed by atoms with Crippen LogP contribution >= 0.6 is 11.3 Å². The van der Waals surface area contributed by atoms with Crippen LogP contribution in [0.5, 0.6) is 5.75 Å². The molecule has 1 fully saturated rings. The Morgan fingerprint density at radius 2 is 1.67 bits per heavy atom. The smallest absolute Gasteiger partial charge is 0.348 e. The van der Waals surface area contributed by atoms with Gasteiger partial charge in [-0.25, -0.2) is 4.79 Å². The number of Topliss-reactive ketones (excluding diaryl/α,β-unsaturated/α-hetero) is 1. The Bertz CT molecular complexity index is 1280. The van der Waals surface area contributed by atoms with Crippen LogP contribution in [0.4, 0.5) is 0 Å². The summed E-state index contributed by atoms with van der Waals surface area (Å²) in [6.45, 7) is 7.09. The lowest BCUT2D eigenvalue weighted by atomic mass is 9.81. The van der Waals surface area contributed by atoms with E-state index >= 15 is 0 Å². The molecule has 0 spiro atoms. The van der Waals surface area contributed by atoms with Crippen LogP contribution in [0.15, 0.2) is 60.7 Å². The molecule has 5 nitrogen and oxygen atoms in total. The fourth-order valence-electron chi connectivity index (χ4n) is 6.27. The predicted molar refractivity (Wildman–Crippen MR) is 169 cm³/mol. The van der Waals surface area contributed by atoms with Crippen molar-refractivity contribution in [3.8, 4) is 5.75 Å². The Hall–Kier alpha value is -2.96. The zero-order valence-electron chi connectivity index (χ0n) is 25.8. The lowest BCUT2D eigenvalue weighted by Gasteiger charge is -2.23. The van der Waals surface area contributed by atoms with Crippen LogP contribution < -0.4 is 4.74 Å². The van der Waals surface area contributed by atoms with E-state index in [4.69, 9.17) is 14.2 Å². The van der Waals surface area contributed by atoms with Crippen molar-refractivity contribution in [2.75, 3.05) is 14.2 Å². The van der Waals surface area contributed by atoms with E-state index in [1.54, 1.807) is 7.11 Å². The molecule has 1 aliphatic rings. The van der Waals surface area contributed by atoms with Crippen LogP contribution in [-0.4, -0.2) is 26.0 Å². The van der Waals surface area contributed by atoms with E-state index in [9.17, 15) is 9.59 Å². The van der Waals surface area contributed by atoms with E-state index in [2.05, 4.69) is 57.2 Å². The second kappa shape index (κ2) is 15.5. The minimum Gasteiger partial charge on any atom is -0.497 e. The molecule has 1 saturated carbocycles. The van der Waals surface area contributed by atoms with Crippen molar-refractivity contribution in [2.45, 2.75) is 84.3 Å². The molecule has 226 valence electrons. The first-order valence-electron chi connectivity index (χ1n) is 15.4. The minimum atomic E-state index is -0.280. The number of rotatable bonds is 15. The van der Waals surface area contributed by atoms with Crippen LogP contribution in [0.1, 0.15) is 103 Å². The van der Waals surface area contributed by atoms with Crippen LogP contribution in [-0.2, 0) is 27.3 Å². The second-order valence-electron chi connectivity index (χ2n) is 11.7. The molecule has 0 N–H and O–H groups in total. The molecule has 0 amide bonds. The van der Waals surface area contributed by atoms with Crippen molar-refractivity contribution in [2.24, 2.45) is 17.8 Å². The summed E-state index contributed by atoms with van der Waals surface area (Å²) in [5.74, 6) is 1.56. The highest BCUT2D eigenvalue weighted by Gasteiger charge is 2.45. The summed E-state index contributed by atoms with van der Waals surface area (Å²) >= 11 is 1.50. The lowest BCUT2D eigenvalue weighted by Crippen LogP contribution is -2.16. The van der Waals surface area contributed by atoms with Crippen molar-refractivity contribution < 1.29 is 23.8 Å². The summed E-state index contributed by atoms with van der Waals surface area (Å²) < 4.78 is 16.6. The molecule has 0 aliphatic heterocycles. The van der Waals surface area contributed by atoms with Crippen LogP contribution in [0.2, 0.25) is 0 Å². The predicted octanol–water partition coefficient (Wildman–Crippen LogP) is 8.96. The Morgan fingerprint density at radius 3 is 2.33 bits per heavy atom. The van der Waals surface area contributed by atoms with E-state index in [1.165, 1.54) is 41.7 Å². The Labute approximate surface area is 255 Å². The summed E-state index contributed by atoms with van der Waals surface area (Å²) in [6, 6.07) is 20.6. The maximum absolute atomic E-state index is 13.5. The van der Waals surface area contributed by atoms with E-state index in [0.29, 0.717) is 29.1 Å². The molecule has 1 heterocycles. The molecular weight excluding hydrogens is 544 g/mol. The first-order chi connectivity index (χ1) is 20.4. The highest BCUT2D eigenvalue weighted by Crippen LogP contribution is 2.47. The van der Waals surface area contributed by atoms with E-state index in [-0.39, 0.29) is 23.9 Å². The van der Waals surface area contributed by atoms with Gasteiger partial charge in [-0.15, -0.1) is 11.3 Å². The van der Waals surface area contributed by atoms with E-state index in [1.807, 2.05) is 24.3 Å². The summed E-state index contributed by atoms with van der Waals surface area (Å²) in [5, 5.41) is 0. The maximum Gasteiger partial charge on any atom is 0.348 e. The standard InChI is InChI=1S/C36H46O5S/c1-6-7-8-12-32(41-23-26-13-19-29(39-4)20-14-26)27-15-17-28(18-16-27)34-31(24(2)25(3)35(34)37)11-9-10-30-21-22-33(42-30)36(38)40-5/h13-22,24-25,31-32,34H,6-12,23H2,1-5H3/t24?,25?,31-,32?,34+/m0/s1. The number of ketones is 1. The van der Waals surface area contributed by atoms with Crippen molar-refractivity contribution >= 4 is 23.1 Å². The van der Waals surface area contributed by atoms with Gasteiger partial charge in [0.1, 0.15) is 16.4 Å². The van der Waals surface area contributed by atoms with Crippen LogP contribution in [0, 0.1) is 17.8 Å². The SMILES string of the molecule is CCCCCC(OCc1ccc(OC)cc1)c1ccc([C@H]2C(=O)C(C)C(C)[C@@H]2CCCc2ccc(C(=O)OC)s2)cc1. The molecule has 5 atom stereocenters. The highest BCUT2D eigenvalue weighted by molar-refractivity contribution is 7.13. The Kier molecular flexibility index (Phi) is 11.8. The average molecular weight is 591 g/mol. The summed E-state index contributed by atoms with van der Waals surface area (Å²) in [6.07, 6.45) is 7.35. The van der Waals surface area contributed by atoms with Gasteiger partial charge in [0.2, 0.25) is 0 Å². The normalized spacial score (nSPS) is 20.9. The lowest BCUT2D eigenvalue weighted by molar-refractivity contribution is -0.122. The summed E-state index contributed by atoms with van der Waals surface area (Å²) in [7, 11) is 3.09. The maximum atomic E-state index is 13.5. The summed E-state index contributed by atoms with van der Waals surface area (Å²) in [5.41, 5.74) is 3.42. The largest absolute Gasteiger partial charge is 0.497 e. The number of ether oxygens (including phenoxy) is 3. The number of carbonyl (C=O) groups is 2. The van der Waals surface area contributed by atoms with Crippen LogP contribution in [0.3, 0.4) is 0 Å². The molecule has 1 aliphatic carbocycles. The number of methoxy groups -OCH3 is 2. The Morgan fingerprint density at radius 1 is 0.929 bits per heavy atom. The molecule has 3 unspecified atom stereocenters. The molecule has 6 heteroatoms. The third-order valence-electron chi connectivity index (χ3n) is 9.00. The molecular formula is C36H46O5S. The summed E-state index contributed by atoms with van der Waals surface area (Å²) in [4.78, 5) is 27.1. The minimum absolute atomic E-state index is 0.0151. The molecule has 1 aromatic heterocycles. The topological polar surface area (TPSA) is 61.8 Å². The van der Waals surface area contributed by atoms with Crippen LogP contribution in [0.25, 0.3) is 0 Å². The quantitative estimate of drug-likeness (QED) is 0.131. The van der Waals surface area contributed by atoms with Gasteiger partial charge in [0.05, 0.1) is 26.9 Å². The van der Waals surface area contributed by atoms with Crippen molar-refractivity contribution in [1.82, 2.24) is 0 Å². The molecule has 0 radical (unpaired) electrons. The van der Waals surface area contributed by atoms with Gasteiger partial charge in [-0.05, 0) is 78.5 Å². The van der Waals surface area contributed by atoms with E-state index in [0.717, 1.165) is 49.0 Å². The van der Waals surface area contributed by atoms with E-state index < -0.39 is 0 Å². The molecule has 42 heavy (non-hydrogen) atoms. The van der Waals surface area contributed by atoms with Gasteiger partial charge >= 0.3 is 5.97 Å². The van der Waals surface area contributed by atoms with Gasteiger partial charge in [-0.1, -0.05) is 76.4 Å². The monoisotopic (exact) mass is 590 g/mol. The Balaban J connectivity index is 1.43. The average Bonchev–Trinajstić information content (AvgIpc) is 3.58. The number of thiophene rings is 1. The molecule has 0 bridgehead atoms. The number of aryl methyl sites for hydroxylation is 1. The van der Waals surface area contributed by atoms with Crippen molar-refractivity contribution in [1.29, 1.82) is 0 Å². The van der Waals surface area contributed by atoms with Gasteiger partial charge in [-0.3, -0.25) is 4.79 Å². The van der Waals surface area contributed by atoms with Gasteiger partial charge < -0.3 is 14.2 Å². The second-order valence-corrected chi connectivity index (χ2v) is 12.8. The number of benzene rings is 2. The third-order valence-corrected chi connectivity index (χ3v) is 10.1.